The lowest BCUT2D eigenvalue weighted by atomic mass is 9.94. The van der Waals surface area contributed by atoms with Gasteiger partial charge in [-0.1, -0.05) is 29.4 Å². The van der Waals surface area contributed by atoms with E-state index < -0.39 is 6.04 Å². The van der Waals surface area contributed by atoms with Crippen molar-refractivity contribution in [3.8, 4) is 16.5 Å². The van der Waals surface area contributed by atoms with Crippen LogP contribution in [0.5, 0.6) is 5.75 Å². The fourth-order valence-corrected chi connectivity index (χ4v) is 4.95. The van der Waals surface area contributed by atoms with Crippen LogP contribution in [0.1, 0.15) is 35.5 Å². The van der Waals surface area contributed by atoms with E-state index in [1.807, 2.05) is 74.7 Å². The van der Waals surface area contributed by atoms with Gasteiger partial charge in [0, 0.05) is 5.70 Å². The molecule has 172 valence electrons. The number of amides is 2. The summed E-state index contributed by atoms with van der Waals surface area (Å²) >= 11 is 1.54. The predicted octanol–water partition coefficient (Wildman–Crippen LogP) is 6.13. The van der Waals surface area contributed by atoms with Gasteiger partial charge in [-0.15, -0.1) is 11.3 Å². The van der Waals surface area contributed by atoms with Crippen molar-refractivity contribution in [2.75, 3.05) is 12.0 Å². The Morgan fingerprint density at radius 1 is 1.06 bits per heavy atom. The number of rotatable bonds is 5. The molecule has 3 heterocycles. The number of hydrogen-bond acceptors (Lipinski definition) is 6. The molecule has 2 aromatic carbocycles. The normalized spacial score (nSPS) is 16.1. The number of allylic oxidation sites excluding steroid dienone is 1. The summed E-state index contributed by atoms with van der Waals surface area (Å²) in [6.45, 7) is 5.95. The molecule has 4 aromatic rings. The average molecular weight is 473 g/mol. The van der Waals surface area contributed by atoms with E-state index in [1.165, 1.54) is 0 Å². The van der Waals surface area contributed by atoms with Crippen LogP contribution in [0.25, 0.3) is 16.3 Å². The van der Waals surface area contributed by atoms with Gasteiger partial charge in [0.05, 0.1) is 29.3 Å². The maximum atomic E-state index is 13.4. The number of urea groups is 1. The first-order valence-corrected chi connectivity index (χ1v) is 11.7. The molecule has 0 aliphatic carbocycles. The largest absolute Gasteiger partial charge is 0.497 e. The van der Waals surface area contributed by atoms with Gasteiger partial charge in [0.2, 0.25) is 5.82 Å². The molecular formula is C26H24N4O3S. The van der Waals surface area contributed by atoms with Crippen LogP contribution < -0.4 is 15.0 Å². The third-order valence-corrected chi connectivity index (χ3v) is 6.66. The summed E-state index contributed by atoms with van der Waals surface area (Å²) in [7, 11) is 1.62. The zero-order valence-corrected chi connectivity index (χ0v) is 20.1. The first-order chi connectivity index (χ1) is 16.4. The van der Waals surface area contributed by atoms with Gasteiger partial charge in [-0.2, -0.15) is 4.98 Å². The summed E-state index contributed by atoms with van der Waals surface area (Å²) in [5, 5.41) is 9.32. The third-order valence-electron chi connectivity index (χ3n) is 5.80. The molecule has 0 saturated carbocycles. The number of aryl methyl sites for hydroxylation is 2. The highest BCUT2D eigenvalue weighted by Crippen LogP contribution is 2.40. The van der Waals surface area contributed by atoms with Crippen molar-refractivity contribution in [1.29, 1.82) is 0 Å². The first kappa shape index (κ1) is 21.9. The molecule has 2 aromatic heterocycles. The Kier molecular flexibility index (Phi) is 5.67. The van der Waals surface area contributed by atoms with Crippen LogP contribution in [0, 0.1) is 13.8 Å². The summed E-state index contributed by atoms with van der Waals surface area (Å²) in [4.78, 5) is 20.7. The average Bonchev–Trinajstić information content (AvgIpc) is 3.50. The summed E-state index contributed by atoms with van der Waals surface area (Å²) in [6, 6.07) is 16.9. The molecule has 0 saturated heterocycles. The summed E-state index contributed by atoms with van der Waals surface area (Å²) in [5.41, 5.74) is 5.31. The van der Waals surface area contributed by atoms with E-state index in [9.17, 15) is 4.79 Å². The van der Waals surface area contributed by atoms with Crippen molar-refractivity contribution >= 4 is 28.6 Å². The molecule has 1 atom stereocenters. The second-order valence-electron chi connectivity index (χ2n) is 8.24. The Labute approximate surface area is 201 Å². The van der Waals surface area contributed by atoms with Gasteiger partial charge in [0.15, 0.2) is 0 Å². The third kappa shape index (κ3) is 3.97. The van der Waals surface area contributed by atoms with Crippen LogP contribution in [0.15, 0.2) is 70.2 Å². The zero-order chi connectivity index (χ0) is 23.8. The highest BCUT2D eigenvalue weighted by atomic mass is 32.1. The number of ether oxygens (including phenoxy) is 1. The van der Waals surface area contributed by atoms with Crippen molar-refractivity contribution in [2.24, 2.45) is 0 Å². The lowest BCUT2D eigenvalue weighted by Gasteiger charge is -2.35. The lowest BCUT2D eigenvalue weighted by molar-refractivity contribution is 0.244. The molecule has 0 fully saturated rings. The molecule has 5 rings (SSSR count). The molecule has 8 heteroatoms. The van der Waals surface area contributed by atoms with Crippen molar-refractivity contribution < 1.29 is 14.1 Å². The molecule has 1 unspecified atom stereocenters. The van der Waals surface area contributed by atoms with Gasteiger partial charge >= 0.3 is 6.03 Å². The number of carbonyl (C=O) groups excluding carboxylic acids is 1. The van der Waals surface area contributed by atoms with Gasteiger partial charge < -0.3 is 14.6 Å². The second-order valence-corrected chi connectivity index (χ2v) is 9.18. The van der Waals surface area contributed by atoms with E-state index in [0.717, 1.165) is 44.3 Å². The SMILES string of the molecule is COc1ccc(C2NC(=O)N(c3cc(C)cc(C)c3)C(C)=C2c2nc(-c3cccs3)no2)cc1. The minimum Gasteiger partial charge on any atom is -0.497 e. The molecule has 1 aliphatic rings. The van der Waals surface area contributed by atoms with Gasteiger partial charge in [0.25, 0.3) is 5.89 Å². The fourth-order valence-electron chi connectivity index (χ4n) is 4.30. The Morgan fingerprint density at radius 2 is 1.79 bits per heavy atom. The van der Waals surface area contributed by atoms with E-state index >= 15 is 0 Å². The predicted molar refractivity (Wildman–Crippen MR) is 133 cm³/mol. The number of nitrogens with zero attached hydrogens (tertiary/aromatic N) is 3. The number of carbonyl (C=O) groups is 1. The quantitative estimate of drug-likeness (QED) is 0.378. The monoisotopic (exact) mass is 472 g/mol. The second kappa shape index (κ2) is 8.79. The summed E-state index contributed by atoms with van der Waals surface area (Å²) in [6.07, 6.45) is 0. The van der Waals surface area contributed by atoms with Crippen molar-refractivity contribution in [3.63, 3.8) is 0 Å². The van der Waals surface area contributed by atoms with Crippen molar-refractivity contribution in [1.82, 2.24) is 15.5 Å². The van der Waals surface area contributed by atoms with Crippen molar-refractivity contribution in [3.05, 3.63) is 88.3 Å². The minimum atomic E-state index is -0.461. The number of nitrogens with one attached hydrogen (secondary N) is 1. The van der Waals surface area contributed by atoms with Crippen LogP contribution >= 0.6 is 11.3 Å². The topological polar surface area (TPSA) is 80.5 Å². The molecular weight excluding hydrogens is 448 g/mol. The fraction of sp³-hybridized carbons (Fsp3) is 0.192. The number of hydrogen-bond donors (Lipinski definition) is 1. The Bertz CT molecular complexity index is 1350. The van der Waals surface area contributed by atoms with Crippen LogP contribution in [-0.2, 0) is 0 Å². The van der Waals surface area contributed by atoms with Crippen molar-refractivity contribution in [2.45, 2.75) is 26.8 Å². The van der Waals surface area contributed by atoms with E-state index in [2.05, 4.69) is 16.5 Å². The Morgan fingerprint density at radius 3 is 2.44 bits per heavy atom. The van der Waals surface area contributed by atoms with E-state index in [4.69, 9.17) is 14.2 Å². The number of anilines is 1. The number of aromatic nitrogens is 2. The minimum absolute atomic E-state index is 0.218. The van der Waals surface area contributed by atoms with Gasteiger partial charge in [-0.05, 0) is 73.2 Å². The lowest BCUT2D eigenvalue weighted by Crippen LogP contribution is -2.46. The van der Waals surface area contributed by atoms with Gasteiger partial charge in [-0.25, -0.2) is 4.79 Å². The Balaban J connectivity index is 1.66. The molecule has 2 amide bonds. The number of thiophene rings is 1. The highest BCUT2D eigenvalue weighted by Gasteiger charge is 2.36. The molecule has 0 spiro atoms. The molecule has 0 bridgehead atoms. The zero-order valence-electron chi connectivity index (χ0n) is 19.3. The van der Waals surface area contributed by atoms with Gasteiger partial charge in [0.1, 0.15) is 5.75 Å². The molecule has 34 heavy (non-hydrogen) atoms. The van der Waals surface area contributed by atoms with E-state index in [1.54, 1.807) is 23.3 Å². The van der Waals surface area contributed by atoms with E-state index in [0.29, 0.717) is 11.7 Å². The first-order valence-electron chi connectivity index (χ1n) is 10.9. The summed E-state index contributed by atoms with van der Waals surface area (Å²) in [5.74, 6) is 1.63. The molecule has 0 radical (unpaired) electrons. The van der Waals surface area contributed by atoms with Crippen LogP contribution in [0.4, 0.5) is 10.5 Å². The number of benzene rings is 2. The number of methoxy groups -OCH3 is 1. The maximum absolute atomic E-state index is 13.4. The molecule has 7 nitrogen and oxygen atoms in total. The molecule has 1 aliphatic heterocycles. The molecule has 1 N–H and O–H groups in total. The Hall–Kier alpha value is -3.91. The maximum Gasteiger partial charge on any atom is 0.326 e. The highest BCUT2D eigenvalue weighted by molar-refractivity contribution is 7.13. The van der Waals surface area contributed by atoms with Crippen LogP contribution in [0.2, 0.25) is 0 Å². The van der Waals surface area contributed by atoms with Crippen LogP contribution in [0.3, 0.4) is 0 Å². The summed E-state index contributed by atoms with van der Waals surface area (Å²) < 4.78 is 11.1. The van der Waals surface area contributed by atoms with E-state index in [-0.39, 0.29) is 6.03 Å². The van der Waals surface area contributed by atoms with Gasteiger partial charge in [-0.3, -0.25) is 4.90 Å². The smallest absolute Gasteiger partial charge is 0.326 e. The van der Waals surface area contributed by atoms with Crippen LogP contribution in [-0.4, -0.2) is 23.3 Å². The standard InChI is InChI=1S/C26H24N4O3S/c1-15-12-16(2)14-19(13-15)30-17(3)22(25-28-24(29-33-25)21-6-5-11-34-21)23(27-26(30)31)18-7-9-20(32-4)10-8-18/h5-14,23H,1-4H3,(H,27,31).